The van der Waals surface area contributed by atoms with Gasteiger partial charge < -0.3 is 4.74 Å². The zero-order valence-corrected chi connectivity index (χ0v) is 12.2. The smallest absolute Gasteiger partial charge is 0.285 e. The van der Waals surface area contributed by atoms with Gasteiger partial charge in [-0.25, -0.2) is 10.5 Å². The lowest BCUT2D eigenvalue weighted by atomic mass is 9.99. The largest absolute Gasteiger partial charge is 0.471 e. The molecule has 0 fully saturated rings. The highest BCUT2D eigenvalue weighted by Crippen LogP contribution is 2.21. The lowest BCUT2D eigenvalue weighted by Gasteiger charge is -2.10. The molecule has 0 saturated carbocycles. The number of nitrogens with two attached hydrogens (primary N) is 1. The SMILES string of the molecule is CCC(C)c1ccc(OCn2ccc(C(=O)NN)n2)cc1. The molecule has 1 unspecified atom stereocenters. The molecule has 3 N–H and O–H groups in total. The van der Waals surface area contributed by atoms with Gasteiger partial charge in [0, 0.05) is 6.20 Å². The van der Waals surface area contributed by atoms with Crippen LogP contribution in [0, 0.1) is 0 Å². The van der Waals surface area contributed by atoms with E-state index in [1.54, 1.807) is 12.3 Å². The molecule has 1 amide bonds. The molecule has 2 aromatic rings. The van der Waals surface area contributed by atoms with Crippen LogP contribution in [0.25, 0.3) is 0 Å². The molecule has 0 bridgehead atoms. The number of nitrogens with zero attached hydrogens (tertiary/aromatic N) is 2. The number of carbonyl (C=O) groups is 1. The summed E-state index contributed by atoms with van der Waals surface area (Å²) in [5, 5.41) is 4.05. The van der Waals surface area contributed by atoms with Crippen LogP contribution in [0.1, 0.15) is 42.2 Å². The summed E-state index contributed by atoms with van der Waals surface area (Å²) in [6.07, 6.45) is 2.78. The monoisotopic (exact) mass is 288 g/mol. The maximum Gasteiger partial charge on any atom is 0.285 e. The molecular formula is C15H20N4O2. The third-order valence-corrected chi connectivity index (χ3v) is 3.43. The van der Waals surface area contributed by atoms with Gasteiger partial charge in [0.15, 0.2) is 12.4 Å². The van der Waals surface area contributed by atoms with Crippen LogP contribution in [0.2, 0.25) is 0 Å². The zero-order valence-electron chi connectivity index (χ0n) is 12.2. The van der Waals surface area contributed by atoms with Gasteiger partial charge in [0.25, 0.3) is 5.91 Å². The average Bonchev–Trinajstić information content (AvgIpc) is 3.01. The topological polar surface area (TPSA) is 82.2 Å². The summed E-state index contributed by atoms with van der Waals surface area (Å²) in [5.74, 6) is 5.93. The Bertz CT molecular complexity index is 592. The van der Waals surface area contributed by atoms with Crippen molar-refractivity contribution < 1.29 is 9.53 Å². The Morgan fingerprint density at radius 1 is 1.38 bits per heavy atom. The maximum absolute atomic E-state index is 11.3. The number of hydrazine groups is 1. The van der Waals surface area contributed by atoms with Crippen LogP contribution in [0.15, 0.2) is 36.5 Å². The number of ether oxygens (including phenoxy) is 1. The molecule has 0 aliphatic rings. The minimum atomic E-state index is -0.424. The third kappa shape index (κ3) is 3.82. The van der Waals surface area contributed by atoms with Gasteiger partial charge in [-0.1, -0.05) is 26.0 Å². The van der Waals surface area contributed by atoms with Crippen LogP contribution >= 0.6 is 0 Å². The van der Waals surface area contributed by atoms with Crippen molar-refractivity contribution in [3.8, 4) is 5.75 Å². The summed E-state index contributed by atoms with van der Waals surface area (Å²) in [6, 6.07) is 9.61. The van der Waals surface area contributed by atoms with Crippen LogP contribution in [0.3, 0.4) is 0 Å². The Balaban J connectivity index is 1.93. The third-order valence-electron chi connectivity index (χ3n) is 3.43. The second-order valence-electron chi connectivity index (χ2n) is 4.87. The van der Waals surface area contributed by atoms with Gasteiger partial charge in [-0.15, -0.1) is 0 Å². The summed E-state index contributed by atoms with van der Waals surface area (Å²) in [4.78, 5) is 11.3. The number of hydrogen-bond donors (Lipinski definition) is 2. The summed E-state index contributed by atoms with van der Waals surface area (Å²) in [6.45, 7) is 4.60. The van der Waals surface area contributed by atoms with E-state index in [0.717, 1.165) is 12.2 Å². The normalized spacial score (nSPS) is 12.0. The maximum atomic E-state index is 11.3. The fourth-order valence-corrected chi connectivity index (χ4v) is 1.90. The van der Waals surface area contributed by atoms with E-state index in [2.05, 4.69) is 31.1 Å². The Kier molecular flexibility index (Phi) is 4.94. The minimum absolute atomic E-state index is 0.237. The van der Waals surface area contributed by atoms with Crippen LogP contribution < -0.4 is 16.0 Å². The summed E-state index contributed by atoms with van der Waals surface area (Å²) in [7, 11) is 0. The molecule has 6 heteroatoms. The molecule has 0 spiro atoms. The molecule has 6 nitrogen and oxygen atoms in total. The average molecular weight is 288 g/mol. The number of benzene rings is 1. The van der Waals surface area contributed by atoms with Crippen molar-refractivity contribution in [2.75, 3.05) is 0 Å². The van der Waals surface area contributed by atoms with E-state index in [9.17, 15) is 4.79 Å². The summed E-state index contributed by atoms with van der Waals surface area (Å²) < 4.78 is 7.16. The van der Waals surface area contributed by atoms with Crippen molar-refractivity contribution in [3.05, 3.63) is 47.8 Å². The molecule has 0 aliphatic heterocycles. The van der Waals surface area contributed by atoms with Gasteiger partial charge in [-0.2, -0.15) is 5.10 Å². The standard InChI is InChI=1S/C15H20N4O2/c1-3-11(2)12-4-6-13(7-5-12)21-10-19-9-8-14(18-19)15(20)17-16/h4-9,11H,3,10,16H2,1-2H3,(H,17,20). The fraction of sp³-hybridized carbons (Fsp3) is 0.333. The molecule has 1 aromatic heterocycles. The molecule has 1 atom stereocenters. The van der Waals surface area contributed by atoms with Crippen LogP contribution in [-0.2, 0) is 6.73 Å². The van der Waals surface area contributed by atoms with Crippen LogP contribution in [0.5, 0.6) is 5.75 Å². The number of nitrogen functional groups attached to an aromatic ring is 1. The molecule has 0 saturated heterocycles. The van der Waals surface area contributed by atoms with Gasteiger partial charge in [0.05, 0.1) is 0 Å². The number of carbonyl (C=O) groups excluding carboxylic acids is 1. The van der Waals surface area contributed by atoms with Gasteiger partial charge >= 0.3 is 0 Å². The number of nitrogens with one attached hydrogen (secondary N) is 1. The molecule has 2 rings (SSSR count). The van der Waals surface area contributed by atoms with E-state index in [1.165, 1.54) is 10.2 Å². The van der Waals surface area contributed by atoms with Crippen LogP contribution in [0.4, 0.5) is 0 Å². The zero-order chi connectivity index (χ0) is 15.2. The van der Waals surface area contributed by atoms with Crippen LogP contribution in [-0.4, -0.2) is 15.7 Å². The van der Waals surface area contributed by atoms with Crippen molar-refractivity contribution >= 4 is 5.91 Å². The molecule has 1 heterocycles. The quantitative estimate of drug-likeness (QED) is 0.484. The van der Waals surface area contributed by atoms with Crippen molar-refractivity contribution in [3.63, 3.8) is 0 Å². The van der Waals surface area contributed by atoms with Gasteiger partial charge in [-0.3, -0.25) is 10.2 Å². The van der Waals surface area contributed by atoms with Gasteiger partial charge in [0.1, 0.15) is 5.75 Å². The molecule has 21 heavy (non-hydrogen) atoms. The minimum Gasteiger partial charge on any atom is -0.471 e. The predicted octanol–water partition coefficient (Wildman–Crippen LogP) is 2.04. The Hall–Kier alpha value is -2.34. The number of amides is 1. The molecule has 0 aliphatic carbocycles. The number of hydrogen-bond acceptors (Lipinski definition) is 4. The van der Waals surface area contributed by atoms with E-state index in [4.69, 9.17) is 10.6 Å². The predicted molar refractivity (Wildman–Crippen MR) is 79.7 cm³/mol. The van der Waals surface area contributed by atoms with Gasteiger partial charge in [-0.05, 0) is 36.1 Å². The first-order valence-electron chi connectivity index (χ1n) is 6.91. The van der Waals surface area contributed by atoms with Crippen molar-refractivity contribution in [1.82, 2.24) is 15.2 Å². The van der Waals surface area contributed by atoms with E-state index >= 15 is 0 Å². The van der Waals surface area contributed by atoms with E-state index in [1.807, 2.05) is 17.6 Å². The fourth-order valence-electron chi connectivity index (χ4n) is 1.90. The second kappa shape index (κ2) is 6.90. The Labute approximate surface area is 123 Å². The van der Waals surface area contributed by atoms with E-state index < -0.39 is 5.91 Å². The highest BCUT2D eigenvalue weighted by molar-refractivity contribution is 5.91. The molecule has 112 valence electrons. The molecular weight excluding hydrogens is 268 g/mol. The van der Waals surface area contributed by atoms with Gasteiger partial charge in [0.2, 0.25) is 0 Å². The Morgan fingerprint density at radius 3 is 2.71 bits per heavy atom. The lowest BCUT2D eigenvalue weighted by molar-refractivity contribution is 0.0946. The first-order valence-corrected chi connectivity index (χ1v) is 6.91. The van der Waals surface area contributed by atoms with E-state index in [-0.39, 0.29) is 12.4 Å². The summed E-state index contributed by atoms with van der Waals surface area (Å²) >= 11 is 0. The highest BCUT2D eigenvalue weighted by atomic mass is 16.5. The first kappa shape index (κ1) is 15.1. The molecule has 0 radical (unpaired) electrons. The number of aromatic nitrogens is 2. The van der Waals surface area contributed by atoms with Crippen molar-refractivity contribution in [1.29, 1.82) is 0 Å². The Morgan fingerprint density at radius 2 is 2.10 bits per heavy atom. The summed E-state index contributed by atoms with van der Waals surface area (Å²) in [5.41, 5.74) is 3.59. The van der Waals surface area contributed by atoms with Crippen molar-refractivity contribution in [2.45, 2.75) is 32.9 Å². The lowest BCUT2D eigenvalue weighted by Crippen LogP contribution is -2.30. The second-order valence-corrected chi connectivity index (χ2v) is 4.87. The first-order chi connectivity index (χ1) is 10.1. The van der Waals surface area contributed by atoms with E-state index in [0.29, 0.717) is 5.92 Å². The highest BCUT2D eigenvalue weighted by Gasteiger charge is 2.07. The molecule has 1 aromatic carbocycles. The number of rotatable bonds is 6. The van der Waals surface area contributed by atoms with Crippen molar-refractivity contribution in [2.24, 2.45) is 5.84 Å².